The number of urea groups is 1. The van der Waals surface area contributed by atoms with E-state index < -0.39 is 34.9 Å². The van der Waals surface area contributed by atoms with Crippen LogP contribution in [0.3, 0.4) is 0 Å². The number of carbonyl (C=O) groups excluding carboxylic acids is 2. The van der Waals surface area contributed by atoms with Crippen molar-refractivity contribution in [1.82, 2.24) is 10.2 Å². The Balaban J connectivity index is 1.71. The maximum atomic E-state index is 13.7. The van der Waals surface area contributed by atoms with E-state index in [9.17, 15) is 23.9 Å². The van der Waals surface area contributed by atoms with Gasteiger partial charge in [-0.25, -0.2) is 18.9 Å². The lowest BCUT2D eigenvalue weighted by Gasteiger charge is -2.37. The van der Waals surface area contributed by atoms with Crippen LogP contribution in [0.4, 0.5) is 19.7 Å². The number of likely N-dealkylation sites (tertiary alicyclic amines) is 1. The van der Waals surface area contributed by atoms with Crippen LogP contribution in [0.15, 0.2) is 18.2 Å². The zero-order chi connectivity index (χ0) is 20.0. The second-order valence-corrected chi connectivity index (χ2v) is 7.58. The molecular weight excluding hydrogens is 357 g/mol. The molecule has 8 nitrogen and oxygen atoms in total. The number of nitrogens with zero attached hydrogens (tertiary/aromatic N) is 2. The molecule has 4 amide bonds. The summed E-state index contributed by atoms with van der Waals surface area (Å²) in [6, 6.07) is 3.13. The van der Waals surface area contributed by atoms with Crippen molar-refractivity contribution in [2.24, 2.45) is 0 Å². The zero-order valence-corrected chi connectivity index (χ0v) is 15.2. The van der Waals surface area contributed by atoms with E-state index in [1.165, 1.54) is 17.0 Å². The SMILES string of the molecule is CC1(C)C(=O)N(C(=O)NCC2(O)CCN(C(=O)O)CC2)c2cc(F)ccc21. The van der Waals surface area contributed by atoms with Gasteiger partial charge in [-0.1, -0.05) is 6.07 Å². The topological polar surface area (TPSA) is 110 Å². The molecule has 9 heteroatoms. The van der Waals surface area contributed by atoms with Gasteiger partial charge < -0.3 is 20.4 Å². The Bertz CT molecular complexity index is 802. The number of benzene rings is 1. The van der Waals surface area contributed by atoms with E-state index in [4.69, 9.17) is 5.11 Å². The van der Waals surface area contributed by atoms with Crippen LogP contribution in [0, 0.1) is 5.82 Å². The molecule has 3 N–H and O–H groups in total. The fourth-order valence-electron chi connectivity index (χ4n) is 3.53. The third kappa shape index (κ3) is 3.34. The third-order valence-corrected chi connectivity index (χ3v) is 5.35. The molecule has 1 fully saturated rings. The van der Waals surface area contributed by atoms with Crippen molar-refractivity contribution in [3.63, 3.8) is 0 Å². The number of nitrogens with one attached hydrogen (secondary N) is 1. The monoisotopic (exact) mass is 379 g/mol. The van der Waals surface area contributed by atoms with Crippen LogP contribution in [-0.4, -0.2) is 58.4 Å². The van der Waals surface area contributed by atoms with Gasteiger partial charge in [-0.2, -0.15) is 0 Å². The van der Waals surface area contributed by atoms with Gasteiger partial charge in [0.25, 0.3) is 0 Å². The third-order valence-electron chi connectivity index (χ3n) is 5.35. The molecule has 0 radical (unpaired) electrons. The Labute approximate surface area is 155 Å². The van der Waals surface area contributed by atoms with Crippen molar-refractivity contribution in [3.8, 4) is 0 Å². The van der Waals surface area contributed by atoms with Gasteiger partial charge in [0.1, 0.15) is 5.82 Å². The van der Waals surface area contributed by atoms with E-state index in [0.29, 0.717) is 5.56 Å². The highest BCUT2D eigenvalue weighted by Gasteiger charge is 2.47. The van der Waals surface area contributed by atoms with E-state index in [0.717, 1.165) is 11.0 Å². The van der Waals surface area contributed by atoms with E-state index in [1.54, 1.807) is 13.8 Å². The molecule has 0 aromatic heterocycles. The van der Waals surface area contributed by atoms with Gasteiger partial charge in [-0.05, 0) is 44.4 Å². The summed E-state index contributed by atoms with van der Waals surface area (Å²) in [7, 11) is 0. The molecule has 3 rings (SSSR count). The second kappa shape index (κ2) is 6.49. The molecule has 0 unspecified atom stereocenters. The molecule has 2 aliphatic heterocycles. The molecule has 0 bridgehead atoms. The fourth-order valence-corrected chi connectivity index (χ4v) is 3.53. The van der Waals surface area contributed by atoms with Crippen molar-refractivity contribution in [1.29, 1.82) is 0 Å². The number of carbonyl (C=O) groups is 3. The van der Waals surface area contributed by atoms with Gasteiger partial charge in [0.15, 0.2) is 0 Å². The van der Waals surface area contributed by atoms with Gasteiger partial charge in [-0.15, -0.1) is 0 Å². The average Bonchev–Trinajstić information content (AvgIpc) is 2.79. The Hall–Kier alpha value is -2.68. The van der Waals surface area contributed by atoms with Crippen molar-refractivity contribution in [3.05, 3.63) is 29.6 Å². The van der Waals surface area contributed by atoms with E-state index in [2.05, 4.69) is 5.32 Å². The van der Waals surface area contributed by atoms with Crippen LogP contribution in [-0.2, 0) is 10.2 Å². The zero-order valence-electron chi connectivity index (χ0n) is 15.2. The van der Waals surface area contributed by atoms with Crippen molar-refractivity contribution < 1.29 is 29.0 Å². The molecule has 1 aromatic rings. The second-order valence-electron chi connectivity index (χ2n) is 7.58. The maximum Gasteiger partial charge on any atom is 0.407 e. The standard InChI is InChI=1S/C18H22FN3O5/c1-17(2)12-4-3-11(19)9-13(12)22(14(17)23)15(24)20-10-18(27)5-7-21(8-6-18)16(25)26/h3-4,9,27H,5-8,10H2,1-2H3,(H,20,24)(H,25,26). The predicted octanol–water partition coefficient (Wildman–Crippen LogP) is 1.66. The summed E-state index contributed by atoms with van der Waals surface area (Å²) < 4.78 is 13.7. The number of amides is 4. The summed E-state index contributed by atoms with van der Waals surface area (Å²) in [5, 5.41) is 22.1. The summed E-state index contributed by atoms with van der Waals surface area (Å²) >= 11 is 0. The Morgan fingerprint density at radius 2 is 1.89 bits per heavy atom. The lowest BCUT2D eigenvalue weighted by atomic mass is 9.86. The summed E-state index contributed by atoms with van der Waals surface area (Å²) in [4.78, 5) is 38.4. The van der Waals surface area contributed by atoms with Gasteiger partial charge in [0.2, 0.25) is 5.91 Å². The van der Waals surface area contributed by atoms with Crippen LogP contribution in [0.25, 0.3) is 0 Å². The molecule has 0 aliphatic carbocycles. The molecule has 0 saturated carbocycles. The quantitative estimate of drug-likeness (QED) is 0.724. The van der Waals surface area contributed by atoms with Gasteiger partial charge in [0.05, 0.1) is 16.7 Å². The van der Waals surface area contributed by atoms with Crippen LogP contribution in [0.1, 0.15) is 32.3 Å². The molecule has 1 saturated heterocycles. The summed E-state index contributed by atoms with van der Waals surface area (Å²) in [5.41, 5.74) is -1.48. The minimum atomic E-state index is -1.26. The first-order chi connectivity index (χ1) is 12.5. The largest absolute Gasteiger partial charge is 0.465 e. The number of anilines is 1. The first kappa shape index (κ1) is 19.1. The minimum Gasteiger partial charge on any atom is -0.465 e. The lowest BCUT2D eigenvalue weighted by Crippen LogP contribution is -2.54. The Morgan fingerprint density at radius 3 is 2.48 bits per heavy atom. The summed E-state index contributed by atoms with van der Waals surface area (Å²) in [6.45, 7) is 3.51. The van der Waals surface area contributed by atoms with Crippen molar-refractivity contribution in [2.75, 3.05) is 24.5 Å². The molecule has 146 valence electrons. The number of imide groups is 1. The average molecular weight is 379 g/mol. The van der Waals surface area contributed by atoms with Crippen molar-refractivity contribution >= 4 is 23.7 Å². The van der Waals surface area contributed by atoms with Gasteiger partial charge in [0, 0.05) is 19.6 Å². The lowest BCUT2D eigenvalue weighted by molar-refractivity contribution is -0.121. The van der Waals surface area contributed by atoms with Crippen LogP contribution < -0.4 is 10.2 Å². The van der Waals surface area contributed by atoms with Gasteiger partial charge >= 0.3 is 12.1 Å². The normalized spacial score (nSPS) is 20.4. The Morgan fingerprint density at radius 1 is 1.26 bits per heavy atom. The van der Waals surface area contributed by atoms with E-state index >= 15 is 0 Å². The highest BCUT2D eigenvalue weighted by atomic mass is 19.1. The molecule has 0 atom stereocenters. The molecule has 2 aliphatic rings. The molecular formula is C18H22FN3O5. The van der Waals surface area contributed by atoms with Gasteiger partial charge in [-0.3, -0.25) is 4.79 Å². The smallest absolute Gasteiger partial charge is 0.407 e. The number of carboxylic acid groups (broad SMARTS) is 1. The summed E-state index contributed by atoms with van der Waals surface area (Å²) in [5.74, 6) is -1.04. The van der Waals surface area contributed by atoms with Crippen LogP contribution >= 0.6 is 0 Å². The van der Waals surface area contributed by atoms with E-state index in [1.807, 2.05) is 0 Å². The van der Waals surface area contributed by atoms with Crippen LogP contribution in [0.5, 0.6) is 0 Å². The summed E-state index contributed by atoms with van der Waals surface area (Å²) in [6.07, 6.45) is -0.710. The first-order valence-corrected chi connectivity index (χ1v) is 8.68. The number of halogens is 1. The molecule has 2 heterocycles. The molecule has 0 spiro atoms. The number of hydrogen-bond acceptors (Lipinski definition) is 4. The number of aliphatic hydroxyl groups is 1. The fraction of sp³-hybridized carbons (Fsp3) is 0.500. The van der Waals surface area contributed by atoms with Crippen molar-refractivity contribution in [2.45, 2.75) is 37.7 Å². The van der Waals surface area contributed by atoms with E-state index in [-0.39, 0.29) is 38.2 Å². The van der Waals surface area contributed by atoms with Crippen LogP contribution in [0.2, 0.25) is 0 Å². The minimum absolute atomic E-state index is 0.131. The highest BCUT2D eigenvalue weighted by molar-refractivity contribution is 6.22. The number of hydrogen-bond donors (Lipinski definition) is 3. The number of fused-ring (bicyclic) bond motifs is 1. The maximum absolute atomic E-state index is 13.7. The highest BCUT2D eigenvalue weighted by Crippen LogP contribution is 2.41. The molecule has 1 aromatic carbocycles. The molecule has 27 heavy (non-hydrogen) atoms. The first-order valence-electron chi connectivity index (χ1n) is 8.68. The Kier molecular flexibility index (Phi) is 4.59. The predicted molar refractivity (Wildman–Crippen MR) is 94.1 cm³/mol. The number of piperidine rings is 1. The number of rotatable bonds is 2.